The molecule has 2 aromatic rings. The van der Waals surface area contributed by atoms with Crippen molar-refractivity contribution in [2.45, 2.75) is 93.9 Å². The van der Waals surface area contributed by atoms with Gasteiger partial charge in [-0.3, -0.25) is 19.1 Å². The van der Waals surface area contributed by atoms with Gasteiger partial charge in [0, 0.05) is 38.4 Å². The molecule has 3 heterocycles. The number of sulfonamides is 1. The number of rotatable bonds is 8. The number of nitrogens with one attached hydrogen (secondary N) is 3. The molecule has 1 aromatic heterocycles. The number of hydrogen-bond acceptors (Lipinski definition) is 12. The Kier molecular flexibility index (Phi) is 11.0. The van der Waals surface area contributed by atoms with Crippen molar-refractivity contribution >= 4 is 50.4 Å². The largest absolute Gasteiger partial charge is 0.497 e. The van der Waals surface area contributed by atoms with Crippen molar-refractivity contribution in [3.63, 3.8) is 0 Å². The molecule has 294 valence electrons. The molecule has 54 heavy (non-hydrogen) atoms. The molecule has 6 rings (SSSR count). The minimum atomic E-state index is -3.91. The van der Waals surface area contributed by atoms with Crippen molar-refractivity contribution in [1.82, 2.24) is 25.2 Å². The average Bonchev–Trinajstić information content (AvgIpc) is 4.02. The van der Waals surface area contributed by atoms with Crippen molar-refractivity contribution in [3.8, 4) is 11.6 Å². The van der Waals surface area contributed by atoms with Crippen LogP contribution in [0.1, 0.15) is 59.3 Å². The van der Waals surface area contributed by atoms with E-state index in [9.17, 15) is 27.6 Å². The van der Waals surface area contributed by atoms with E-state index in [0.29, 0.717) is 42.6 Å². The molecule has 4 aliphatic rings. The number of nitrogens with zero attached hydrogens (tertiary/aromatic N) is 3. The van der Waals surface area contributed by atoms with Crippen molar-refractivity contribution in [1.29, 1.82) is 0 Å². The van der Waals surface area contributed by atoms with Crippen LogP contribution < -0.4 is 29.7 Å². The van der Waals surface area contributed by atoms with Crippen LogP contribution in [-0.4, -0.2) is 118 Å². The number of fused-ring (bicyclic) bond motifs is 3. The molecule has 3 N–H and O–H groups in total. The fourth-order valence-corrected chi connectivity index (χ4v) is 8.09. The fourth-order valence-electron chi connectivity index (χ4n) is 6.73. The van der Waals surface area contributed by atoms with E-state index >= 15 is 0 Å². The number of amides is 4. The van der Waals surface area contributed by atoms with Gasteiger partial charge in [-0.15, -0.1) is 0 Å². The van der Waals surface area contributed by atoms with E-state index in [4.69, 9.17) is 23.9 Å². The quantitative estimate of drug-likeness (QED) is 0.333. The van der Waals surface area contributed by atoms with Crippen molar-refractivity contribution in [2.24, 2.45) is 5.92 Å². The molecule has 4 amide bonds. The second-order valence-electron chi connectivity index (χ2n) is 15.5. The minimum Gasteiger partial charge on any atom is -0.497 e. The zero-order valence-corrected chi connectivity index (χ0v) is 32.4. The van der Waals surface area contributed by atoms with Crippen LogP contribution in [-0.2, 0) is 33.9 Å². The summed E-state index contributed by atoms with van der Waals surface area (Å²) in [6, 6.07) is 4.94. The molecule has 2 aliphatic carbocycles. The zero-order chi connectivity index (χ0) is 39.0. The first kappa shape index (κ1) is 39.1. The maximum atomic E-state index is 14.4. The highest BCUT2D eigenvalue weighted by molar-refractivity contribution is 7.91. The van der Waals surface area contributed by atoms with Gasteiger partial charge in [0.15, 0.2) is 0 Å². The number of carbonyl (C=O) groups is 4. The van der Waals surface area contributed by atoms with Crippen LogP contribution >= 0.6 is 0 Å². The first-order chi connectivity index (χ1) is 25.5. The summed E-state index contributed by atoms with van der Waals surface area (Å²) in [6.45, 7) is 5.09. The van der Waals surface area contributed by atoms with Gasteiger partial charge in [0.2, 0.25) is 27.7 Å². The highest BCUT2D eigenvalue weighted by atomic mass is 32.2. The predicted molar refractivity (Wildman–Crippen MR) is 199 cm³/mol. The third kappa shape index (κ3) is 8.83. The summed E-state index contributed by atoms with van der Waals surface area (Å²) in [7, 11) is 1.35. The zero-order valence-electron chi connectivity index (χ0n) is 31.5. The second kappa shape index (κ2) is 15.2. The summed E-state index contributed by atoms with van der Waals surface area (Å²) < 4.78 is 51.1. The summed E-state index contributed by atoms with van der Waals surface area (Å²) in [5.41, 5.74) is -2.39. The van der Waals surface area contributed by atoms with Gasteiger partial charge in [0.1, 0.15) is 40.9 Å². The number of aromatic nitrogens is 1. The molecule has 5 atom stereocenters. The van der Waals surface area contributed by atoms with Gasteiger partial charge in [-0.25, -0.2) is 13.2 Å². The number of ether oxygens (including phenoxy) is 4. The number of benzene rings is 1. The third-order valence-electron chi connectivity index (χ3n) is 9.84. The smallest absolute Gasteiger partial charge is 0.408 e. The number of methoxy groups -OCH3 is 1. The number of anilines is 1. The second-order valence-corrected chi connectivity index (χ2v) is 17.5. The molecule has 2 saturated carbocycles. The Hall–Kier alpha value is -4.64. The third-order valence-corrected chi connectivity index (χ3v) is 11.7. The lowest BCUT2D eigenvalue weighted by atomic mass is 10.1. The number of allylic oxidation sites excluding steroid dienone is 1. The van der Waals surface area contributed by atoms with Gasteiger partial charge in [-0.1, -0.05) is 12.2 Å². The van der Waals surface area contributed by atoms with Crippen LogP contribution in [0, 0.1) is 5.92 Å². The van der Waals surface area contributed by atoms with E-state index < -0.39 is 74.3 Å². The number of alkyl carbamates (subject to hydrolysis) is 1. The SMILES string of the molecule is COc1ccc2c(OC3C[C@H]4C(=O)N[C@]5(C(=O)NS(=O)(=O)C6CC6)CC5C=CCCCOC[C@H](NC(=O)OC(C)(C)C)C(=O)N4C3)nc(N(C)C)cc2c1. The Balaban J connectivity index is 1.34. The molecule has 0 bridgehead atoms. The van der Waals surface area contributed by atoms with Gasteiger partial charge in [-0.2, -0.15) is 4.98 Å². The number of carbonyl (C=O) groups excluding carboxylic acids is 4. The Morgan fingerprint density at radius 2 is 1.91 bits per heavy atom. The molecule has 2 aliphatic heterocycles. The molecule has 16 nitrogen and oxygen atoms in total. The minimum absolute atomic E-state index is 0.00167. The standard InChI is InChI=1S/C37H50N6O10S/c1-36(2,3)53-35(47)38-28-21-51-15-9-7-8-10-23-19-37(23,34(46)41-54(48,49)26-12-13-26)40-31(44)29-18-25(20-43(29)33(28)45)52-32-27-14-11-24(50-6)16-22(27)17-30(39-32)42(4)5/h8,10-11,14,16-17,23,25-26,28-29H,7,9,12-13,15,18-21H2,1-6H3,(H,38,47)(H,40,44)(H,41,46)/t23?,25?,28-,29-,37+/m0/s1. The normalized spacial score (nSPS) is 26.4. The first-order valence-electron chi connectivity index (χ1n) is 18.2. The topological polar surface area (TPSA) is 195 Å². The van der Waals surface area contributed by atoms with Crippen molar-refractivity contribution < 1.29 is 46.5 Å². The number of hydrogen-bond donors (Lipinski definition) is 3. The highest BCUT2D eigenvalue weighted by Gasteiger charge is 2.62. The van der Waals surface area contributed by atoms with E-state index in [-0.39, 0.29) is 38.5 Å². The molecule has 0 spiro atoms. The lowest BCUT2D eigenvalue weighted by molar-refractivity contribution is -0.142. The van der Waals surface area contributed by atoms with Gasteiger partial charge in [0.25, 0.3) is 5.91 Å². The molecule has 1 saturated heterocycles. The molecular formula is C37H50N6O10S. The fraction of sp³-hybridized carbons (Fsp3) is 0.595. The Morgan fingerprint density at radius 3 is 2.59 bits per heavy atom. The molecular weight excluding hydrogens is 721 g/mol. The van der Waals surface area contributed by atoms with Gasteiger partial charge < -0.3 is 39.4 Å². The Bertz CT molecular complexity index is 1930. The van der Waals surface area contributed by atoms with Crippen molar-refractivity contribution in [2.75, 3.05) is 45.9 Å². The summed E-state index contributed by atoms with van der Waals surface area (Å²) in [5.74, 6) is -1.05. The van der Waals surface area contributed by atoms with Gasteiger partial charge in [0.05, 0.1) is 25.5 Å². The lowest BCUT2D eigenvalue weighted by Gasteiger charge is -2.30. The molecule has 0 radical (unpaired) electrons. The van der Waals surface area contributed by atoms with Crippen LogP contribution in [0.2, 0.25) is 0 Å². The first-order valence-corrected chi connectivity index (χ1v) is 19.8. The molecule has 17 heteroatoms. The van der Waals surface area contributed by atoms with Crippen LogP contribution in [0.3, 0.4) is 0 Å². The summed E-state index contributed by atoms with van der Waals surface area (Å²) >= 11 is 0. The monoisotopic (exact) mass is 770 g/mol. The van der Waals surface area contributed by atoms with Crippen LogP contribution in [0.5, 0.6) is 11.6 Å². The van der Waals surface area contributed by atoms with E-state index in [1.165, 1.54) is 4.90 Å². The van der Waals surface area contributed by atoms with Crippen LogP contribution in [0.25, 0.3) is 10.8 Å². The average molecular weight is 771 g/mol. The summed E-state index contributed by atoms with van der Waals surface area (Å²) in [4.78, 5) is 63.4. The molecule has 2 unspecified atom stereocenters. The van der Waals surface area contributed by atoms with Gasteiger partial charge >= 0.3 is 6.09 Å². The summed E-state index contributed by atoms with van der Waals surface area (Å²) in [5, 5.41) is 6.31. The highest BCUT2D eigenvalue weighted by Crippen LogP contribution is 2.46. The van der Waals surface area contributed by atoms with Crippen LogP contribution in [0.4, 0.5) is 10.6 Å². The molecule has 3 fully saturated rings. The Labute approximate surface area is 315 Å². The lowest BCUT2D eigenvalue weighted by Crippen LogP contribution is -2.59. The van der Waals surface area contributed by atoms with Crippen molar-refractivity contribution in [3.05, 3.63) is 36.4 Å². The maximum Gasteiger partial charge on any atom is 0.408 e. The van der Waals surface area contributed by atoms with E-state index in [2.05, 4.69) is 15.4 Å². The van der Waals surface area contributed by atoms with Gasteiger partial charge in [-0.05, 0) is 82.5 Å². The molecule has 1 aromatic carbocycles. The van der Waals surface area contributed by atoms with Crippen LogP contribution in [0.15, 0.2) is 36.4 Å². The van der Waals surface area contributed by atoms with E-state index in [0.717, 1.165) is 5.39 Å². The van der Waals surface area contributed by atoms with E-state index in [1.54, 1.807) is 33.9 Å². The summed E-state index contributed by atoms with van der Waals surface area (Å²) in [6.07, 6.45) is 4.33. The predicted octanol–water partition coefficient (Wildman–Crippen LogP) is 2.40. The van der Waals surface area contributed by atoms with E-state index in [1.807, 2.05) is 49.3 Å². The maximum absolute atomic E-state index is 14.4. The number of pyridine rings is 1. The Morgan fingerprint density at radius 1 is 1.15 bits per heavy atom.